The summed E-state index contributed by atoms with van der Waals surface area (Å²) in [5.41, 5.74) is 1.08. The molecule has 12 heteroatoms. The van der Waals surface area contributed by atoms with Gasteiger partial charge < -0.3 is 24.4 Å². The summed E-state index contributed by atoms with van der Waals surface area (Å²) >= 11 is 5.39. The van der Waals surface area contributed by atoms with Crippen LogP contribution >= 0.6 is 12.2 Å². The number of halogens is 3. The second kappa shape index (κ2) is 8.77. The van der Waals surface area contributed by atoms with Gasteiger partial charge in [-0.25, -0.2) is 0 Å². The molecule has 1 saturated heterocycles. The van der Waals surface area contributed by atoms with Crippen molar-refractivity contribution in [3.8, 4) is 17.2 Å². The van der Waals surface area contributed by atoms with Crippen LogP contribution in [0, 0.1) is 0 Å². The maximum atomic E-state index is 12.7. The Kier molecular flexibility index (Phi) is 6.02. The topological polar surface area (TPSA) is 80.3 Å². The van der Waals surface area contributed by atoms with E-state index in [1.165, 1.54) is 24.1 Å². The first-order valence-electron chi connectivity index (χ1n) is 9.73. The highest BCUT2D eigenvalue weighted by Crippen LogP contribution is 2.34. The molecule has 2 aromatic rings. The molecule has 174 valence electrons. The maximum Gasteiger partial charge on any atom is 0.573 e. The number of rotatable bonds is 6. The van der Waals surface area contributed by atoms with Crippen molar-refractivity contribution in [2.45, 2.75) is 25.4 Å². The summed E-state index contributed by atoms with van der Waals surface area (Å²) < 4.78 is 51.3. The number of carbonyl (C=O) groups excluding carboxylic acids is 2. The van der Waals surface area contributed by atoms with Crippen LogP contribution in [0.2, 0.25) is 0 Å². The molecule has 1 fully saturated rings. The van der Waals surface area contributed by atoms with Crippen LogP contribution in [-0.2, 0) is 16.1 Å². The van der Waals surface area contributed by atoms with Crippen LogP contribution in [0.4, 0.5) is 18.9 Å². The summed E-state index contributed by atoms with van der Waals surface area (Å²) in [6.45, 7) is 0.404. The van der Waals surface area contributed by atoms with Crippen LogP contribution in [0.1, 0.15) is 12.0 Å². The van der Waals surface area contributed by atoms with Crippen LogP contribution in [-0.4, -0.2) is 53.0 Å². The first kappa shape index (κ1) is 22.6. The lowest BCUT2D eigenvalue weighted by Crippen LogP contribution is -2.37. The average molecular weight is 481 g/mol. The molecular formula is C21H18F3N3O5S. The summed E-state index contributed by atoms with van der Waals surface area (Å²) in [4.78, 5) is 28.3. The lowest BCUT2D eigenvalue weighted by atomic mass is 10.1. The highest BCUT2D eigenvalue weighted by Gasteiger charge is 2.41. The third-order valence-corrected chi connectivity index (χ3v) is 5.57. The predicted molar refractivity (Wildman–Crippen MR) is 114 cm³/mol. The number of amides is 2. The van der Waals surface area contributed by atoms with Gasteiger partial charge in [0.25, 0.3) is 5.91 Å². The Balaban J connectivity index is 1.43. The van der Waals surface area contributed by atoms with E-state index in [1.54, 1.807) is 17.0 Å². The van der Waals surface area contributed by atoms with Gasteiger partial charge in [-0.1, -0.05) is 6.07 Å². The van der Waals surface area contributed by atoms with Crippen molar-refractivity contribution in [3.05, 3.63) is 48.0 Å². The fourth-order valence-electron chi connectivity index (χ4n) is 3.52. The van der Waals surface area contributed by atoms with Gasteiger partial charge in [0.15, 0.2) is 16.6 Å². The molecule has 2 aromatic carbocycles. The lowest BCUT2D eigenvalue weighted by Gasteiger charge is -2.23. The molecule has 4 rings (SSSR count). The van der Waals surface area contributed by atoms with Gasteiger partial charge in [0.05, 0.1) is 6.42 Å². The van der Waals surface area contributed by atoms with Crippen molar-refractivity contribution in [3.63, 3.8) is 0 Å². The van der Waals surface area contributed by atoms with E-state index < -0.39 is 24.1 Å². The number of nitrogens with one attached hydrogen (secondary N) is 1. The Labute approximate surface area is 191 Å². The highest BCUT2D eigenvalue weighted by molar-refractivity contribution is 7.80. The fourth-order valence-corrected chi connectivity index (χ4v) is 3.80. The van der Waals surface area contributed by atoms with E-state index >= 15 is 0 Å². The van der Waals surface area contributed by atoms with E-state index in [-0.39, 0.29) is 36.5 Å². The van der Waals surface area contributed by atoms with Crippen LogP contribution in [0.5, 0.6) is 17.2 Å². The molecule has 1 atom stereocenters. The number of benzene rings is 2. The Hall–Kier alpha value is -3.54. The third kappa shape index (κ3) is 5.11. The number of fused-ring (bicyclic) bond motifs is 1. The summed E-state index contributed by atoms with van der Waals surface area (Å²) in [7, 11) is 1.54. The van der Waals surface area contributed by atoms with E-state index in [2.05, 4.69) is 10.1 Å². The van der Waals surface area contributed by atoms with Crippen molar-refractivity contribution in [2.24, 2.45) is 0 Å². The second-order valence-corrected chi connectivity index (χ2v) is 7.70. The number of nitrogens with zero attached hydrogens (tertiary/aromatic N) is 2. The van der Waals surface area contributed by atoms with Crippen LogP contribution < -0.4 is 19.5 Å². The molecule has 0 aromatic heterocycles. The number of hydrogen-bond acceptors (Lipinski definition) is 6. The molecule has 1 unspecified atom stereocenters. The SMILES string of the molecule is CN1C(=O)C(CC(=O)Nc2ccc(OC(F)(F)F)cc2)N(Cc2ccc3c(c2)OCO3)C1=S. The molecule has 2 aliphatic rings. The summed E-state index contributed by atoms with van der Waals surface area (Å²) in [5.74, 6) is -0.0205. The van der Waals surface area contributed by atoms with Gasteiger partial charge in [-0.05, 0) is 54.2 Å². The Morgan fingerprint density at radius 3 is 2.58 bits per heavy atom. The Bertz CT molecular complexity index is 1090. The van der Waals surface area contributed by atoms with E-state index in [0.29, 0.717) is 11.5 Å². The molecule has 0 aliphatic carbocycles. The molecule has 0 spiro atoms. The zero-order chi connectivity index (χ0) is 23.8. The average Bonchev–Trinajstić information content (AvgIpc) is 3.29. The standard InChI is InChI=1S/C21H18F3N3O5S/c1-26-19(29)15(9-18(28)25-13-3-5-14(6-4-13)32-21(22,23)24)27(20(26)33)10-12-2-7-16-17(8-12)31-11-30-16/h2-8,15H,9-11H2,1H3,(H,25,28). The van der Waals surface area contributed by atoms with Crippen LogP contribution in [0.15, 0.2) is 42.5 Å². The first-order chi connectivity index (χ1) is 15.6. The van der Waals surface area contributed by atoms with Crippen LogP contribution in [0.25, 0.3) is 0 Å². The minimum absolute atomic E-state index is 0.133. The van der Waals surface area contributed by atoms with E-state index in [9.17, 15) is 22.8 Å². The summed E-state index contributed by atoms with van der Waals surface area (Å²) in [5, 5.41) is 2.86. The molecule has 0 bridgehead atoms. The molecule has 8 nitrogen and oxygen atoms in total. The number of ether oxygens (including phenoxy) is 3. The van der Waals surface area contributed by atoms with Crippen molar-refractivity contribution >= 4 is 34.8 Å². The highest BCUT2D eigenvalue weighted by atomic mass is 32.1. The monoisotopic (exact) mass is 481 g/mol. The molecule has 1 N–H and O–H groups in total. The maximum absolute atomic E-state index is 12.7. The summed E-state index contributed by atoms with van der Waals surface area (Å²) in [6, 6.07) is 9.25. The van der Waals surface area contributed by atoms with E-state index in [4.69, 9.17) is 21.7 Å². The molecule has 0 saturated carbocycles. The van der Waals surface area contributed by atoms with Gasteiger partial charge in [-0.3, -0.25) is 14.5 Å². The van der Waals surface area contributed by atoms with Crippen LogP contribution in [0.3, 0.4) is 0 Å². The number of likely N-dealkylation sites (N-methyl/N-ethyl adjacent to an activating group) is 1. The zero-order valence-electron chi connectivity index (χ0n) is 17.2. The van der Waals surface area contributed by atoms with Gasteiger partial charge in [-0.2, -0.15) is 0 Å². The van der Waals surface area contributed by atoms with Gasteiger partial charge in [-0.15, -0.1) is 13.2 Å². The van der Waals surface area contributed by atoms with Crippen molar-refractivity contribution < 1.29 is 37.0 Å². The number of carbonyl (C=O) groups is 2. The minimum atomic E-state index is -4.81. The van der Waals surface area contributed by atoms with Crippen molar-refractivity contribution in [1.82, 2.24) is 9.80 Å². The fraction of sp³-hybridized carbons (Fsp3) is 0.286. The first-order valence-corrected chi connectivity index (χ1v) is 10.1. The Morgan fingerprint density at radius 2 is 1.88 bits per heavy atom. The largest absolute Gasteiger partial charge is 0.573 e. The van der Waals surface area contributed by atoms with Crippen molar-refractivity contribution in [1.29, 1.82) is 0 Å². The normalized spacial score (nSPS) is 17.5. The number of anilines is 1. The van der Waals surface area contributed by atoms with E-state index in [0.717, 1.165) is 17.7 Å². The quantitative estimate of drug-likeness (QED) is 0.635. The predicted octanol–water partition coefficient (Wildman–Crippen LogP) is 3.27. The van der Waals surface area contributed by atoms with Crippen molar-refractivity contribution in [2.75, 3.05) is 19.2 Å². The summed E-state index contributed by atoms with van der Waals surface area (Å²) in [6.07, 6.45) is -5.01. The van der Waals surface area contributed by atoms with Gasteiger partial charge in [0.1, 0.15) is 11.8 Å². The molecule has 2 heterocycles. The molecular weight excluding hydrogens is 463 g/mol. The molecule has 33 heavy (non-hydrogen) atoms. The lowest BCUT2D eigenvalue weighted by molar-refractivity contribution is -0.274. The minimum Gasteiger partial charge on any atom is -0.454 e. The smallest absolute Gasteiger partial charge is 0.454 e. The molecule has 2 aliphatic heterocycles. The van der Waals surface area contributed by atoms with Gasteiger partial charge in [0, 0.05) is 19.3 Å². The third-order valence-electron chi connectivity index (χ3n) is 5.06. The zero-order valence-corrected chi connectivity index (χ0v) is 18.0. The molecule has 2 amide bonds. The number of alkyl halides is 3. The number of thiocarbonyl (C=S) groups is 1. The Morgan fingerprint density at radius 1 is 1.18 bits per heavy atom. The second-order valence-electron chi connectivity index (χ2n) is 7.34. The van der Waals surface area contributed by atoms with E-state index in [1.807, 2.05) is 6.07 Å². The number of hydrogen-bond donors (Lipinski definition) is 1. The van der Waals surface area contributed by atoms with Gasteiger partial charge in [0.2, 0.25) is 12.7 Å². The van der Waals surface area contributed by atoms with Gasteiger partial charge >= 0.3 is 6.36 Å². The molecule has 0 radical (unpaired) electrons.